The van der Waals surface area contributed by atoms with Crippen molar-refractivity contribution in [3.63, 3.8) is 0 Å². The van der Waals surface area contributed by atoms with Gasteiger partial charge in [0.15, 0.2) is 5.69 Å². The molecule has 8 heteroatoms. The third-order valence-corrected chi connectivity index (χ3v) is 4.31. The van der Waals surface area contributed by atoms with Gasteiger partial charge in [0.2, 0.25) is 0 Å². The average Bonchev–Trinajstić information content (AvgIpc) is 2.54. The summed E-state index contributed by atoms with van der Waals surface area (Å²) >= 11 is 12.1. The van der Waals surface area contributed by atoms with E-state index in [-0.39, 0.29) is 43.7 Å². The number of benzene rings is 3. The van der Waals surface area contributed by atoms with E-state index in [1.165, 1.54) is 0 Å². The number of phenols is 2. The van der Waals surface area contributed by atoms with E-state index in [1.54, 1.807) is 29.7 Å². The fourth-order valence-corrected chi connectivity index (χ4v) is 2.99. The Morgan fingerprint density at radius 3 is 2.00 bits per heavy atom. The molecule has 0 aromatic heterocycles. The minimum absolute atomic E-state index is 0.00631. The molecule has 0 amide bonds. The summed E-state index contributed by atoms with van der Waals surface area (Å²) < 4.78 is 0. The summed E-state index contributed by atoms with van der Waals surface area (Å²) in [7, 11) is 0. The first-order valence-electron chi connectivity index (χ1n) is 6.03. The third kappa shape index (κ3) is 1.78. The monoisotopic (exact) mass is 338 g/mol. The molecule has 0 saturated carbocycles. The lowest BCUT2D eigenvalue weighted by Crippen LogP contribution is -1.94. The number of nitroso groups, excluding NO2 is 1. The SMILES string of the molecule is O=Nc1c(Cl)c(Cl)c2c(O)c3ccccc3c(O)c2c1NO. The number of halogens is 2. The first-order chi connectivity index (χ1) is 10.5. The van der Waals surface area contributed by atoms with Gasteiger partial charge in [-0.25, -0.2) is 0 Å². The Morgan fingerprint density at radius 2 is 1.50 bits per heavy atom. The van der Waals surface area contributed by atoms with Gasteiger partial charge < -0.3 is 10.2 Å². The summed E-state index contributed by atoms with van der Waals surface area (Å²) in [6.07, 6.45) is 0. The lowest BCUT2D eigenvalue weighted by atomic mass is 9.98. The molecule has 0 bridgehead atoms. The summed E-state index contributed by atoms with van der Waals surface area (Å²) in [5.74, 6) is -0.507. The van der Waals surface area contributed by atoms with Crippen molar-refractivity contribution in [2.45, 2.75) is 0 Å². The van der Waals surface area contributed by atoms with Crippen molar-refractivity contribution >= 4 is 56.1 Å². The van der Waals surface area contributed by atoms with Gasteiger partial charge in [-0.1, -0.05) is 47.5 Å². The molecule has 3 aromatic rings. The van der Waals surface area contributed by atoms with Crippen molar-refractivity contribution in [3.05, 3.63) is 39.2 Å². The first-order valence-corrected chi connectivity index (χ1v) is 6.79. The van der Waals surface area contributed by atoms with Crippen molar-refractivity contribution in [2.75, 3.05) is 5.48 Å². The number of fused-ring (bicyclic) bond motifs is 2. The Labute approximate surface area is 133 Å². The molecule has 3 rings (SSSR count). The van der Waals surface area contributed by atoms with Gasteiger partial charge in [-0.15, -0.1) is 4.91 Å². The first kappa shape index (κ1) is 14.6. The lowest BCUT2D eigenvalue weighted by Gasteiger charge is -2.16. The molecule has 0 aliphatic carbocycles. The zero-order valence-corrected chi connectivity index (χ0v) is 12.3. The van der Waals surface area contributed by atoms with Crippen LogP contribution in [-0.4, -0.2) is 15.4 Å². The van der Waals surface area contributed by atoms with Crippen molar-refractivity contribution < 1.29 is 15.4 Å². The second kappa shape index (κ2) is 5.17. The zero-order valence-electron chi connectivity index (χ0n) is 10.8. The molecule has 6 nitrogen and oxygen atoms in total. The van der Waals surface area contributed by atoms with Gasteiger partial charge in [0.05, 0.1) is 20.8 Å². The zero-order chi connectivity index (χ0) is 16.0. The minimum Gasteiger partial charge on any atom is -0.507 e. The third-order valence-electron chi connectivity index (χ3n) is 3.47. The molecule has 112 valence electrons. The topological polar surface area (TPSA) is 102 Å². The predicted molar refractivity (Wildman–Crippen MR) is 85.7 cm³/mol. The highest BCUT2D eigenvalue weighted by atomic mass is 35.5. The number of nitrogens with zero attached hydrogens (tertiary/aromatic N) is 1. The van der Waals surface area contributed by atoms with Crippen LogP contribution in [0.15, 0.2) is 29.4 Å². The quantitative estimate of drug-likeness (QED) is 0.230. The molecule has 0 saturated heterocycles. The van der Waals surface area contributed by atoms with Gasteiger partial charge in [-0.05, 0) is 5.18 Å². The fraction of sp³-hybridized carbons (Fsp3) is 0. The smallest absolute Gasteiger partial charge is 0.154 e. The van der Waals surface area contributed by atoms with Gasteiger partial charge in [-0.3, -0.25) is 10.7 Å². The average molecular weight is 339 g/mol. The number of rotatable bonds is 2. The fourth-order valence-electron chi connectivity index (χ4n) is 2.50. The van der Waals surface area contributed by atoms with Gasteiger partial charge >= 0.3 is 0 Å². The van der Waals surface area contributed by atoms with Crippen LogP contribution in [0.4, 0.5) is 11.4 Å². The second-order valence-electron chi connectivity index (χ2n) is 4.55. The molecule has 22 heavy (non-hydrogen) atoms. The van der Waals surface area contributed by atoms with Crippen LogP contribution in [0.2, 0.25) is 10.0 Å². The van der Waals surface area contributed by atoms with E-state index in [9.17, 15) is 20.3 Å². The van der Waals surface area contributed by atoms with Crippen LogP contribution in [-0.2, 0) is 0 Å². The molecular formula is C14H8Cl2N2O4. The van der Waals surface area contributed by atoms with E-state index in [0.717, 1.165) is 0 Å². The van der Waals surface area contributed by atoms with Crippen molar-refractivity contribution in [1.82, 2.24) is 0 Å². The number of hydrogen-bond acceptors (Lipinski definition) is 6. The summed E-state index contributed by atoms with van der Waals surface area (Å²) in [5.41, 5.74) is 1.18. The van der Waals surface area contributed by atoms with Gasteiger partial charge in [-0.2, -0.15) is 0 Å². The Bertz CT molecular complexity index is 944. The Morgan fingerprint density at radius 1 is 0.955 bits per heavy atom. The number of nitrogens with one attached hydrogen (secondary N) is 1. The maximum Gasteiger partial charge on any atom is 0.154 e. The van der Waals surface area contributed by atoms with Gasteiger partial charge in [0, 0.05) is 10.8 Å². The van der Waals surface area contributed by atoms with Crippen molar-refractivity contribution in [3.8, 4) is 11.5 Å². The molecule has 0 heterocycles. The van der Waals surface area contributed by atoms with E-state index >= 15 is 0 Å². The highest BCUT2D eigenvalue weighted by molar-refractivity contribution is 6.49. The standard InChI is InChI=1S/C14H8Cl2N2O4/c15-9-7-8(11(17-21)12(18-22)10(9)16)14(20)6-4-2-1-3-5(6)13(7)19/h1-4,17,19-21H. The van der Waals surface area contributed by atoms with Crippen molar-refractivity contribution in [2.24, 2.45) is 5.18 Å². The Hall–Kier alpha value is -2.28. The summed E-state index contributed by atoms with van der Waals surface area (Å²) in [5, 5.41) is 33.2. The number of anilines is 1. The molecule has 0 atom stereocenters. The van der Waals surface area contributed by atoms with Crippen molar-refractivity contribution in [1.29, 1.82) is 0 Å². The number of hydrogen-bond donors (Lipinski definition) is 4. The Kier molecular flexibility index (Phi) is 3.44. The molecule has 0 spiro atoms. The van der Waals surface area contributed by atoms with Crippen LogP contribution < -0.4 is 5.48 Å². The number of phenolic OH excluding ortho intramolecular Hbond substituents is 2. The van der Waals surface area contributed by atoms with E-state index in [2.05, 4.69) is 5.18 Å². The second-order valence-corrected chi connectivity index (χ2v) is 5.30. The van der Waals surface area contributed by atoms with Gasteiger partial charge in [0.25, 0.3) is 0 Å². The van der Waals surface area contributed by atoms with Gasteiger partial charge in [0.1, 0.15) is 17.2 Å². The molecule has 0 fully saturated rings. The summed E-state index contributed by atoms with van der Waals surface area (Å²) in [4.78, 5) is 11.0. The maximum absolute atomic E-state index is 11.0. The predicted octanol–water partition coefficient (Wildman–Crippen LogP) is 4.91. The molecule has 0 aliphatic heterocycles. The molecule has 0 aliphatic rings. The van der Waals surface area contributed by atoms with Crippen LogP contribution in [0.1, 0.15) is 0 Å². The van der Waals surface area contributed by atoms with Crippen LogP contribution in [0.5, 0.6) is 11.5 Å². The van der Waals surface area contributed by atoms with E-state index in [1.807, 2.05) is 0 Å². The largest absolute Gasteiger partial charge is 0.507 e. The van der Waals surface area contributed by atoms with Crippen LogP contribution >= 0.6 is 23.2 Å². The Balaban J connectivity index is 2.73. The van der Waals surface area contributed by atoms with E-state index < -0.39 is 0 Å². The minimum atomic E-state index is -0.369. The summed E-state index contributed by atoms with van der Waals surface area (Å²) in [6, 6.07) is 6.50. The normalized spacial score (nSPS) is 11.0. The van der Waals surface area contributed by atoms with E-state index in [0.29, 0.717) is 10.8 Å². The lowest BCUT2D eigenvalue weighted by molar-refractivity contribution is 0.389. The molecule has 3 aromatic carbocycles. The maximum atomic E-state index is 11.0. The molecular weight excluding hydrogens is 331 g/mol. The number of aromatic hydroxyl groups is 2. The highest BCUT2D eigenvalue weighted by Crippen LogP contribution is 2.53. The molecule has 4 N–H and O–H groups in total. The van der Waals surface area contributed by atoms with Crippen LogP contribution in [0, 0.1) is 4.91 Å². The molecule has 0 unspecified atom stereocenters. The van der Waals surface area contributed by atoms with E-state index in [4.69, 9.17) is 23.2 Å². The highest BCUT2D eigenvalue weighted by Gasteiger charge is 2.25. The van der Waals surface area contributed by atoms with Crippen LogP contribution in [0.25, 0.3) is 21.5 Å². The molecule has 0 radical (unpaired) electrons. The summed E-state index contributed by atoms with van der Waals surface area (Å²) in [6.45, 7) is 0. The van der Waals surface area contributed by atoms with Crippen LogP contribution in [0.3, 0.4) is 0 Å².